The van der Waals surface area contributed by atoms with Gasteiger partial charge < -0.3 is 4.42 Å². The summed E-state index contributed by atoms with van der Waals surface area (Å²) in [7, 11) is 0. The topological polar surface area (TPSA) is 112 Å². The highest BCUT2D eigenvalue weighted by atomic mass is 16.3. The van der Waals surface area contributed by atoms with Gasteiger partial charge in [-0.25, -0.2) is 5.84 Å². The van der Waals surface area contributed by atoms with E-state index in [4.69, 9.17) is 10.3 Å². The molecule has 2 atom stereocenters. The third-order valence-corrected chi connectivity index (χ3v) is 2.81. The number of rotatable bonds is 4. The van der Waals surface area contributed by atoms with E-state index in [9.17, 15) is 4.79 Å². The van der Waals surface area contributed by atoms with Gasteiger partial charge in [0.15, 0.2) is 5.76 Å². The molecular weight excluding hydrogens is 236 g/mol. The lowest BCUT2D eigenvalue weighted by molar-refractivity contribution is -0.125. The second-order valence-electron chi connectivity index (χ2n) is 3.95. The number of furan rings is 1. The van der Waals surface area contributed by atoms with Crippen molar-refractivity contribution in [3.63, 3.8) is 0 Å². The number of nitrogens with one attached hydrogen (secondary N) is 1. The van der Waals surface area contributed by atoms with E-state index in [2.05, 4.69) is 20.8 Å². The number of nitrogens with zero attached hydrogens (tertiary/aromatic N) is 4. The van der Waals surface area contributed by atoms with Crippen LogP contribution < -0.4 is 11.3 Å². The molecule has 0 radical (unpaired) electrons. The van der Waals surface area contributed by atoms with E-state index in [1.807, 2.05) is 6.92 Å². The lowest BCUT2D eigenvalue weighted by Gasteiger charge is -2.16. The number of aromatic nitrogens is 4. The zero-order valence-electron chi connectivity index (χ0n) is 10.1. The van der Waals surface area contributed by atoms with Crippen molar-refractivity contribution in [2.24, 2.45) is 11.8 Å². The van der Waals surface area contributed by atoms with Crippen LogP contribution in [-0.2, 0) is 4.79 Å². The molecule has 0 aliphatic carbocycles. The fraction of sp³-hybridized carbons (Fsp3) is 0.400. The second kappa shape index (κ2) is 4.96. The quantitative estimate of drug-likeness (QED) is 0.453. The van der Waals surface area contributed by atoms with E-state index in [1.54, 1.807) is 19.1 Å². The lowest BCUT2D eigenvalue weighted by Crippen LogP contribution is -2.38. The minimum absolute atomic E-state index is 0.259. The zero-order valence-corrected chi connectivity index (χ0v) is 10.1. The van der Waals surface area contributed by atoms with Crippen LogP contribution in [0.5, 0.6) is 0 Å². The lowest BCUT2D eigenvalue weighted by atomic mass is 10.0. The van der Waals surface area contributed by atoms with Crippen LogP contribution in [0.15, 0.2) is 22.8 Å². The Morgan fingerprint density at radius 2 is 2.33 bits per heavy atom. The molecule has 2 rings (SSSR count). The third kappa shape index (κ3) is 2.23. The molecule has 2 aromatic heterocycles. The second-order valence-corrected chi connectivity index (χ2v) is 3.95. The Bertz CT molecular complexity index is 520. The summed E-state index contributed by atoms with van der Waals surface area (Å²) in [5, 5.41) is 11.9. The normalized spacial score (nSPS) is 14.2. The third-order valence-electron chi connectivity index (χ3n) is 2.81. The summed E-state index contributed by atoms with van der Waals surface area (Å²) in [5.41, 5.74) is 2.10. The van der Waals surface area contributed by atoms with Gasteiger partial charge in [-0.2, -0.15) is 4.80 Å². The van der Waals surface area contributed by atoms with E-state index in [-0.39, 0.29) is 17.9 Å². The van der Waals surface area contributed by atoms with Crippen LogP contribution in [0.25, 0.3) is 11.6 Å². The molecule has 1 amide bonds. The number of tetrazole rings is 1. The molecule has 0 aromatic carbocycles. The van der Waals surface area contributed by atoms with Crippen LogP contribution in [0.3, 0.4) is 0 Å². The molecular formula is C10H14N6O2. The number of carbonyl (C=O) groups is 1. The highest BCUT2D eigenvalue weighted by molar-refractivity contribution is 5.78. The van der Waals surface area contributed by atoms with Crippen molar-refractivity contribution in [2.75, 3.05) is 0 Å². The SMILES string of the molecule is CC(C(=O)NN)C(C)n1nnc(-c2ccco2)n1. The summed E-state index contributed by atoms with van der Waals surface area (Å²) in [6.07, 6.45) is 1.53. The first-order chi connectivity index (χ1) is 8.63. The zero-order chi connectivity index (χ0) is 13.1. The fourth-order valence-corrected chi connectivity index (χ4v) is 1.45. The van der Waals surface area contributed by atoms with E-state index < -0.39 is 0 Å². The van der Waals surface area contributed by atoms with Gasteiger partial charge in [-0.3, -0.25) is 10.2 Å². The Morgan fingerprint density at radius 3 is 2.94 bits per heavy atom. The highest BCUT2D eigenvalue weighted by Gasteiger charge is 2.23. The van der Waals surface area contributed by atoms with Crippen LogP contribution in [0, 0.1) is 5.92 Å². The van der Waals surface area contributed by atoms with Gasteiger partial charge >= 0.3 is 0 Å². The molecule has 3 N–H and O–H groups in total. The molecule has 2 unspecified atom stereocenters. The van der Waals surface area contributed by atoms with Gasteiger partial charge in [-0.1, -0.05) is 6.92 Å². The van der Waals surface area contributed by atoms with Gasteiger partial charge in [0.05, 0.1) is 18.2 Å². The number of carbonyl (C=O) groups excluding carboxylic acids is 1. The van der Waals surface area contributed by atoms with Crippen molar-refractivity contribution in [1.29, 1.82) is 0 Å². The Labute approximate surface area is 103 Å². The van der Waals surface area contributed by atoms with Gasteiger partial charge in [0.2, 0.25) is 11.7 Å². The first kappa shape index (κ1) is 12.2. The van der Waals surface area contributed by atoms with E-state index in [1.165, 1.54) is 11.1 Å². The molecule has 0 bridgehead atoms. The molecule has 96 valence electrons. The standard InChI is InChI=1S/C10H14N6O2/c1-6(10(17)12-11)7(2)16-14-9(13-15-16)8-4-3-5-18-8/h3-7H,11H2,1-2H3,(H,12,17). The van der Waals surface area contributed by atoms with Crippen molar-refractivity contribution in [3.8, 4) is 11.6 Å². The number of hydrogen-bond donors (Lipinski definition) is 2. The van der Waals surface area contributed by atoms with Crippen LogP contribution >= 0.6 is 0 Å². The molecule has 2 aromatic rings. The van der Waals surface area contributed by atoms with Crippen LogP contribution in [0.4, 0.5) is 0 Å². The highest BCUT2D eigenvalue weighted by Crippen LogP contribution is 2.18. The monoisotopic (exact) mass is 250 g/mol. The predicted molar refractivity (Wildman–Crippen MR) is 61.7 cm³/mol. The minimum Gasteiger partial charge on any atom is -0.461 e. The number of hydrogen-bond acceptors (Lipinski definition) is 6. The molecule has 0 aliphatic rings. The van der Waals surface area contributed by atoms with Gasteiger partial charge in [-0.15, -0.1) is 10.2 Å². The first-order valence-corrected chi connectivity index (χ1v) is 5.47. The van der Waals surface area contributed by atoms with Gasteiger partial charge in [0, 0.05) is 0 Å². The van der Waals surface area contributed by atoms with Crippen molar-refractivity contribution < 1.29 is 9.21 Å². The maximum absolute atomic E-state index is 11.4. The summed E-state index contributed by atoms with van der Waals surface area (Å²) in [6.45, 7) is 3.55. The summed E-state index contributed by atoms with van der Waals surface area (Å²) in [5.74, 6) is 5.36. The first-order valence-electron chi connectivity index (χ1n) is 5.47. The average Bonchev–Trinajstić information content (AvgIpc) is 3.05. The molecule has 0 aliphatic heterocycles. The maximum atomic E-state index is 11.4. The molecule has 18 heavy (non-hydrogen) atoms. The number of hydrazine groups is 1. The van der Waals surface area contributed by atoms with Crippen LogP contribution in [0.2, 0.25) is 0 Å². The Morgan fingerprint density at radius 1 is 1.56 bits per heavy atom. The van der Waals surface area contributed by atoms with E-state index >= 15 is 0 Å². The maximum Gasteiger partial charge on any atom is 0.240 e. The molecule has 0 saturated heterocycles. The van der Waals surface area contributed by atoms with Crippen LogP contribution in [0.1, 0.15) is 19.9 Å². The molecule has 0 fully saturated rings. The van der Waals surface area contributed by atoms with E-state index in [0.717, 1.165) is 0 Å². The summed E-state index contributed by atoms with van der Waals surface area (Å²) in [6, 6.07) is 3.22. The Balaban J connectivity index is 2.17. The Hall–Kier alpha value is -2.22. The van der Waals surface area contributed by atoms with E-state index in [0.29, 0.717) is 11.6 Å². The number of amides is 1. The fourth-order valence-electron chi connectivity index (χ4n) is 1.45. The molecule has 2 heterocycles. The molecule has 8 nitrogen and oxygen atoms in total. The van der Waals surface area contributed by atoms with Crippen molar-refractivity contribution in [1.82, 2.24) is 25.6 Å². The molecule has 8 heteroatoms. The Kier molecular flexibility index (Phi) is 3.38. The predicted octanol–water partition coefficient (Wildman–Crippen LogP) is 0.120. The van der Waals surface area contributed by atoms with Crippen molar-refractivity contribution >= 4 is 5.91 Å². The van der Waals surface area contributed by atoms with Gasteiger partial charge in [0.1, 0.15) is 0 Å². The summed E-state index contributed by atoms with van der Waals surface area (Å²) in [4.78, 5) is 12.8. The smallest absolute Gasteiger partial charge is 0.240 e. The molecule has 0 spiro atoms. The van der Waals surface area contributed by atoms with Crippen molar-refractivity contribution in [3.05, 3.63) is 18.4 Å². The summed E-state index contributed by atoms with van der Waals surface area (Å²) < 4.78 is 5.16. The van der Waals surface area contributed by atoms with Crippen molar-refractivity contribution in [2.45, 2.75) is 19.9 Å². The average molecular weight is 250 g/mol. The van der Waals surface area contributed by atoms with Gasteiger partial charge in [0.25, 0.3) is 0 Å². The summed E-state index contributed by atoms with van der Waals surface area (Å²) >= 11 is 0. The largest absolute Gasteiger partial charge is 0.461 e. The number of nitrogens with two attached hydrogens (primary N) is 1. The molecule has 0 saturated carbocycles. The van der Waals surface area contributed by atoms with Crippen LogP contribution in [-0.4, -0.2) is 26.1 Å². The minimum atomic E-state index is -0.367. The van der Waals surface area contributed by atoms with Gasteiger partial charge in [-0.05, 0) is 24.3 Å².